The molecule has 1 aromatic heterocycles. The van der Waals surface area contributed by atoms with E-state index in [0.29, 0.717) is 11.6 Å². The van der Waals surface area contributed by atoms with Gasteiger partial charge in [0.15, 0.2) is 5.82 Å². The van der Waals surface area contributed by atoms with Crippen molar-refractivity contribution >= 4 is 17.3 Å². The first-order valence-corrected chi connectivity index (χ1v) is 7.00. The fourth-order valence-electron chi connectivity index (χ4n) is 2.55. The first kappa shape index (κ1) is 12.3. The smallest absolute Gasteiger partial charge is 0.159 e. The van der Waals surface area contributed by atoms with Gasteiger partial charge in [-0.25, -0.2) is 0 Å². The third kappa shape index (κ3) is 2.04. The van der Waals surface area contributed by atoms with Crippen molar-refractivity contribution in [3.63, 3.8) is 0 Å². The molecule has 0 saturated carbocycles. The Morgan fingerprint density at radius 3 is 2.76 bits per heavy atom. The molecule has 0 atom stereocenters. The molecule has 4 nitrogen and oxygen atoms in total. The van der Waals surface area contributed by atoms with Gasteiger partial charge in [-0.05, 0) is 18.2 Å². The molecule has 5 heteroatoms. The highest BCUT2D eigenvalue weighted by Gasteiger charge is 2.19. The van der Waals surface area contributed by atoms with Gasteiger partial charge in [0.2, 0.25) is 0 Å². The van der Waals surface area contributed by atoms with Crippen molar-refractivity contribution in [2.24, 2.45) is 4.99 Å². The third-order valence-electron chi connectivity index (χ3n) is 3.52. The summed E-state index contributed by atoms with van der Waals surface area (Å²) in [5.74, 6) is 0.824. The Labute approximate surface area is 126 Å². The average molecular weight is 295 g/mol. The Morgan fingerprint density at radius 1 is 1.05 bits per heavy atom. The minimum absolute atomic E-state index is 0.497. The number of aromatic nitrogens is 3. The molecule has 0 spiro atoms. The van der Waals surface area contributed by atoms with Crippen LogP contribution in [0.5, 0.6) is 0 Å². The summed E-state index contributed by atoms with van der Waals surface area (Å²) in [6.45, 7) is 0.497. The molecule has 2 aromatic carbocycles. The van der Waals surface area contributed by atoms with E-state index in [1.165, 1.54) is 0 Å². The summed E-state index contributed by atoms with van der Waals surface area (Å²) in [6, 6.07) is 15.9. The molecule has 0 radical (unpaired) electrons. The zero-order chi connectivity index (χ0) is 14.2. The van der Waals surface area contributed by atoms with Crippen LogP contribution in [-0.4, -0.2) is 20.5 Å². The van der Waals surface area contributed by atoms with Crippen molar-refractivity contribution in [2.75, 3.05) is 0 Å². The van der Waals surface area contributed by atoms with Crippen molar-refractivity contribution in [2.45, 2.75) is 6.54 Å². The fourth-order valence-corrected chi connectivity index (χ4v) is 2.73. The monoisotopic (exact) mass is 294 g/mol. The minimum atomic E-state index is 0.497. The quantitative estimate of drug-likeness (QED) is 0.691. The zero-order valence-electron chi connectivity index (χ0n) is 11.1. The molecule has 0 unspecified atom stereocenters. The number of rotatable bonds is 1. The van der Waals surface area contributed by atoms with Crippen molar-refractivity contribution < 1.29 is 0 Å². The first-order valence-electron chi connectivity index (χ1n) is 6.62. The molecular formula is C16H11ClN4. The van der Waals surface area contributed by atoms with Crippen molar-refractivity contribution in [1.82, 2.24) is 14.8 Å². The van der Waals surface area contributed by atoms with E-state index < -0.39 is 0 Å². The van der Waals surface area contributed by atoms with Gasteiger partial charge in [-0.15, -0.1) is 10.2 Å². The van der Waals surface area contributed by atoms with E-state index in [-0.39, 0.29) is 0 Å². The molecule has 0 bridgehead atoms. The van der Waals surface area contributed by atoms with Crippen LogP contribution in [0.15, 0.2) is 59.9 Å². The summed E-state index contributed by atoms with van der Waals surface area (Å²) in [5.41, 5.74) is 3.99. The van der Waals surface area contributed by atoms with Crippen molar-refractivity contribution in [3.05, 3.63) is 76.8 Å². The van der Waals surface area contributed by atoms with Crippen LogP contribution in [0.1, 0.15) is 17.0 Å². The predicted octanol–water partition coefficient (Wildman–Crippen LogP) is 3.27. The highest BCUT2D eigenvalue weighted by atomic mass is 35.5. The standard InChI is InChI=1S/C16H11ClN4/c17-12-6-7-14-13(8-12)16(11-4-2-1-3-5-11)18-9-15-20-19-10-21(14)15/h1-8,10H,9H2. The van der Waals surface area contributed by atoms with Crippen LogP contribution < -0.4 is 0 Å². The van der Waals surface area contributed by atoms with Gasteiger partial charge in [0, 0.05) is 16.1 Å². The summed E-state index contributed by atoms with van der Waals surface area (Å²) in [6.07, 6.45) is 1.71. The number of fused-ring (bicyclic) bond motifs is 3. The zero-order valence-corrected chi connectivity index (χ0v) is 11.8. The topological polar surface area (TPSA) is 43.1 Å². The van der Waals surface area contributed by atoms with E-state index in [0.717, 1.165) is 28.4 Å². The maximum atomic E-state index is 6.19. The van der Waals surface area contributed by atoms with Gasteiger partial charge < -0.3 is 0 Å². The van der Waals surface area contributed by atoms with Gasteiger partial charge >= 0.3 is 0 Å². The van der Waals surface area contributed by atoms with Crippen LogP contribution >= 0.6 is 11.6 Å². The summed E-state index contributed by atoms with van der Waals surface area (Å²) in [7, 11) is 0. The molecule has 2 heterocycles. The normalized spacial score (nSPS) is 13.1. The van der Waals surface area contributed by atoms with E-state index >= 15 is 0 Å². The van der Waals surface area contributed by atoms with Crippen LogP contribution in [0.3, 0.4) is 0 Å². The molecule has 0 amide bonds. The predicted molar refractivity (Wildman–Crippen MR) is 82.2 cm³/mol. The van der Waals surface area contributed by atoms with E-state index in [2.05, 4.69) is 22.3 Å². The lowest BCUT2D eigenvalue weighted by Gasteiger charge is -2.11. The van der Waals surface area contributed by atoms with E-state index in [1.54, 1.807) is 6.33 Å². The Hall–Kier alpha value is -2.46. The van der Waals surface area contributed by atoms with Gasteiger partial charge in [-0.3, -0.25) is 9.56 Å². The van der Waals surface area contributed by atoms with Crippen molar-refractivity contribution in [3.8, 4) is 5.69 Å². The van der Waals surface area contributed by atoms with Crippen LogP contribution in [0.2, 0.25) is 5.02 Å². The number of nitrogens with zero attached hydrogens (tertiary/aromatic N) is 4. The lowest BCUT2D eigenvalue weighted by atomic mass is 10.0. The Kier molecular flexibility index (Phi) is 2.82. The summed E-state index contributed by atoms with van der Waals surface area (Å²) in [5, 5.41) is 8.80. The van der Waals surface area contributed by atoms with Gasteiger partial charge in [0.25, 0.3) is 0 Å². The molecule has 102 valence electrons. The number of halogens is 1. The lowest BCUT2D eigenvalue weighted by molar-refractivity contribution is 0.870. The van der Waals surface area contributed by atoms with E-state index in [1.807, 2.05) is 41.0 Å². The SMILES string of the molecule is Clc1ccc2c(c1)C(c1ccccc1)=NCc1nncn1-2. The summed E-state index contributed by atoms with van der Waals surface area (Å²) < 4.78 is 1.96. The van der Waals surface area contributed by atoms with Gasteiger partial charge in [-0.1, -0.05) is 41.9 Å². The molecule has 0 aliphatic carbocycles. The second-order valence-corrected chi connectivity index (χ2v) is 5.25. The maximum Gasteiger partial charge on any atom is 0.159 e. The van der Waals surface area contributed by atoms with Gasteiger partial charge in [-0.2, -0.15) is 0 Å². The average Bonchev–Trinajstić information content (AvgIpc) is 2.92. The van der Waals surface area contributed by atoms with Gasteiger partial charge in [0.05, 0.1) is 11.4 Å². The minimum Gasteiger partial charge on any atom is -0.283 e. The number of aliphatic imine (C=N–C) groups is 1. The highest BCUT2D eigenvalue weighted by Crippen LogP contribution is 2.26. The molecule has 1 aliphatic rings. The molecule has 3 aromatic rings. The largest absolute Gasteiger partial charge is 0.283 e. The van der Waals surface area contributed by atoms with Crippen LogP contribution in [-0.2, 0) is 6.54 Å². The Bertz CT molecular complexity index is 836. The van der Waals surface area contributed by atoms with Crippen LogP contribution in [0.4, 0.5) is 0 Å². The van der Waals surface area contributed by atoms with Crippen molar-refractivity contribution in [1.29, 1.82) is 0 Å². The van der Waals surface area contributed by atoms with E-state index in [9.17, 15) is 0 Å². The molecule has 4 rings (SSSR count). The summed E-state index contributed by atoms with van der Waals surface area (Å²) in [4.78, 5) is 4.72. The van der Waals surface area contributed by atoms with Crippen LogP contribution in [0, 0.1) is 0 Å². The molecule has 21 heavy (non-hydrogen) atoms. The third-order valence-corrected chi connectivity index (χ3v) is 3.75. The van der Waals surface area contributed by atoms with Crippen LogP contribution in [0.25, 0.3) is 5.69 Å². The molecule has 1 aliphatic heterocycles. The lowest BCUT2D eigenvalue weighted by Crippen LogP contribution is -2.06. The first-order chi connectivity index (χ1) is 10.3. The highest BCUT2D eigenvalue weighted by molar-refractivity contribution is 6.31. The number of benzene rings is 2. The Balaban J connectivity index is 2.00. The second-order valence-electron chi connectivity index (χ2n) is 4.81. The van der Waals surface area contributed by atoms with E-state index in [4.69, 9.17) is 16.6 Å². The molecular weight excluding hydrogens is 284 g/mol. The number of hydrogen-bond acceptors (Lipinski definition) is 3. The number of hydrogen-bond donors (Lipinski definition) is 0. The molecule has 0 fully saturated rings. The molecule has 0 saturated heterocycles. The maximum absolute atomic E-state index is 6.19. The Morgan fingerprint density at radius 2 is 1.90 bits per heavy atom. The molecule has 0 N–H and O–H groups in total. The van der Waals surface area contributed by atoms with Gasteiger partial charge in [0.1, 0.15) is 12.9 Å². The fraction of sp³-hybridized carbons (Fsp3) is 0.0625. The second kappa shape index (κ2) is 4.82. The summed E-state index contributed by atoms with van der Waals surface area (Å²) >= 11 is 6.19.